The van der Waals surface area contributed by atoms with E-state index in [9.17, 15) is 4.79 Å². The first-order valence-corrected chi connectivity index (χ1v) is 7.65. The number of nitrogens with zero attached hydrogens (tertiary/aromatic N) is 2. The summed E-state index contributed by atoms with van der Waals surface area (Å²) in [5.74, 6) is -0.990. The first-order chi connectivity index (χ1) is 11.1. The molecule has 3 aromatic rings. The highest BCUT2D eigenvalue weighted by atomic mass is 32.1. The molecule has 0 aliphatic heterocycles. The fourth-order valence-electron chi connectivity index (χ4n) is 2.27. The van der Waals surface area contributed by atoms with Gasteiger partial charge in [-0.15, -0.1) is 0 Å². The predicted octanol–water partition coefficient (Wildman–Crippen LogP) is 5.03. The van der Waals surface area contributed by atoms with Crippen LogP contribution in [0.4, 0.5) is 5.69 Å². The van der Waals surface area contributed by atoms with Gasteiger partial charge in [0.25, 0.3) is 0 Å². The average molecular weight is 320 g/mol. The molecule has 4 nitrogen and oxygen atoms in total. The number of carboxylic acid groups (broad SMARTS) is 1. The van der Waals surface area contributed by atoms with Crippen molar-refractivity contribution in [2.45, 2.75) is 6.92 Å². The van der Waals surface area contributed by atoms with Crippen molar-refractivity contribution in [3.63, 3.8) is 0 Å². The zero-order valence-corrected chi connectivity index (χ0v) is 13.1. The van der Waals surface area contributed by atoms with Gasteiger partial charge >= 0.3 is 5.97 Å². The van der Waals surface area contributed by atoms with Crippen molar-refractivity contribution in [1.29, 1.82) is 0 Å². The monoisotopic (exact) mass is 320 g/mol. The van der Waals surface area contributed by atoms with Crippen LogP contribution in [0.25, 0.3) is 27.2 Å². The third kappa shape index (κ3) is 2.98. The third-order valence-electron chi connectivity index (χ3n) is 3.50. The van der Waals surface area contributed by atoms with Crippen molar-refractivity contribution >= 4 is 23.2 Å². The lowest BCUT2D eigenvalue weighted by molar-refractivity contribution is 0.0702. The topological polar surface area (TPSA) is 54.5 Å². The Hall–Kier alpha value is -2.97. The fraction of sp³-hybridized carbons (Fsp3) is 0.0556. The van der Waals surface area contributed by atoms with Crippen molar-refractivity contribution in [2.75, 3.05) is 0 Å². The molecule has 0 saturated carbocycles. The summed E-state index contributed by atoms with van der Waals surface area (Å²) in [5, 5.41) is 8.98. The molecule has 0 fully saturated rings. The molecule has 1 heterocycles. The standard InChI is InChI=1S/C18H12N2O2S/c1-11-3-5-12(6-4-11)14-8-7-13(9-16(14)19-2)15-10-17(18(21)22)23-20-15/h3-10H,1H3,(H,21,22). The number of aryl methyl sites for hydroxylation is 1. The van der Waals surface area contributed by atoms with Gasteiger partial charge in [0, 0.05) is 0 Å². The van der Waals surface area contributed by atoms with Crippen LogP contribution < -0.4 is 0 Å². The number of carbonyl (C=O) groups is 1. The summed E-state index contributed by atoms with van der Waals surface area (Å²) in [6.45, 7) is 9.44. The van der Waals surface area contributed by atoms with Crippen LogP contribution in [0, 0.1) is 13.5 Å². The summed E-state index contributed by atoms with van der Waals surface area (Å²) in [4.78, 5) is 14.8. The SMILES string of the molecule is [C-]#[N+]c1cc(-c2cc(C(=O)O)sn2)ccc1-c1ccc(C)cc1. The lowest BCUT2D eigenvalue weighted by Crippen LogP contribution is -1.90. The Kier molecular flexibility index (Phi) is 3.92. The van der Waals surface area contributed by atoms with Gasteiger partial charge in [0.1, 0.15) is 4.88 Å². The van der Waals surface area contributed by atoms with E-state index in [1.165, 1.54) is 11.6 Å². The number of carboxylic acids is 1. The molecule has 5 heteroatoms. The van der Waals surface area contributed by atoms with Gasteiger partial charge in [-0.3, -0.25) is 0 Å². The van der Waals surface area contributed by atoms with Crippen LogP contribution >= 0.6 is 11.5 Å². The summed E-state index contributed by atoms with van der Waals surface area (Å²) in [6.07, 6.45) is 0. The van der Waals surface area contributed by atoms with Crippen molar-refractivity contribution in [3.8, 4) is 22.4 Å². The molecule has 0 bridgehead atoms. The quantitative estimate of drug-likeness (QED) is 0.688. The second-order valence-corrected chi connectivity index (χ2v) is 5.90. The Labute approximate surface area is 137 Å². The Bertz CT molecular complexity index is 921. The molecule has 112 valence electrons. The minimum atomic E-state index is -0.990. The summed E-state index contributed by atoms with van der Waals surface area (Å²) >= 11 is 0.941. The molecule has 3 rings (SSSR count). The summed E-state index contributed by atoms with van der Waals surface area (Å²) in [7, 11) is 0. The summed E-state index contributed by atoms with van der Waals surface area (Å²) < 4.78 is 4.16. The van der Waals surface area contributed by atoms with E-state index in [1.807, 2.05) is 43.3 Å². The van der Waals surface area contributed by atoms with Crippen LogP contribution in [0.2, 0.25) is 0 Å². The number of aromatic carboxylic acids is 1. The number of rotatable bonds is 3. The Morgan fingerprint density at radius 3 is 2.43 bits per heavy atom. The maximum Gasteiger partial charge on any atom is 0.347 e. The van der Waals surface area contributed by atoms with Gasteiger partial charge in [0.05, 0.1) is 12.3 Å². The van der Waals surface area contributed by atoms with E-state index in [1.54, 1.807) is 6.07 Å². The molecule has 0 spiro atoms. The number of hydrogen-bond acceptors (Lipinski definition) is 3. The Morgan fingerprint density at radius 2 is 1.83 bits per heavy atom. The van der Waals surface area contributed by atoms with Crippen LogP contribution in [0.15, 0.2) is 48.5 Å². The highest BCUT2D eigenvalue weighted by Crippen LogP contribution is 2.35. The molecule has 0 unspecified atom stereocenters. The van der Waals surface area contributed by atoms with E-state index in [4.69, 9.17) is 11.7 Å². The van der Waals surface area contributed by atoms with E-state index in [2.05, 4.69) is 9.22 Å². The Morgan fingerprint density at radius 1 is 1.13 bits per heavy atom. The van der Waals surface area contributed by atoms with Crippen LogP contribution in [-0.2, 0) is 0 Å². The molecule has 0 radical (unpaired) electrons. The normalized spacial score (nSPS) is 10.3. The Balaban J connectivity index is 2.04. The highest BCUT2D eigenvalue weighted by Gasteiger charge is 2.12. The van der Waals surface area contributed by atoms with Gasteiger partial charge < -0.3 is 5.11 Å². The summed E-state index contributed by atoms with van der Waals surface area (Å²) in [6, 6.07) is 15.0. The van der Waals surface area contributed by atoms with Crippen molar-refractivity contribution in [1.82, 2.24) is 4.37 Å². The smallest absolute Gasteiger partial charge is 0.347 e. The largest absolute Gasteiger partial charge is 0.477 e. The first-order valence-electron chi connectivity index (χ1n) is 6.87. The van der Waals surface area contributed by atoms with E-state index in [0.29, 0.717) is 11.4 Å². The van der Waals surface area contributed by atoms with Gasteiger partial charge in [-0.25, -0.2) is 9.64 Å². The van der Waals surface area contributed by atoms with E-state index in [-0.39, 0.29) is 4.88 Å². The zero-order chi connectivity index (χ0) is 16.4. The van der Waals surface area contributed by atoms with Gasteiger partial charge in [0.15, 0.2) is 5.69 Å². The minimum Gasteiger partial charge on any atom is -0.477 e. The molecule has 1 aromatic heterocycles. The van der Waals surface area contributed by atoms with Gasteiger partial charge in [-0.1, -0.05) is 42.0 Å². The molecular formula is C18H12N2O2S. The third-order valence-corrected chi connectivity index (χ3v) is 4.27. The molecule has 23 heavy (non-hydrogen) atoms. The second-order valence-electron chi connectivity index (χ2n) is 5.09. The summed E-state index contributed by atoms with van der Waals surface area (Å²) in [5.41, 5.74) is 4.85. The highest BCUT2D eigenvalue weighted by molar-refractivity contribution is 7.08. The second kappa shape index (κ2) is 6.03. The maximum absolute atomic E-state index is 11.0. The molecule has 0 aliphatic rings. The maximum atomic E-state index is 11.0. The number of aromatic nitrogens is 1. The van der Waals surface area contributed by atoms with Gasteiger partial charge in [-0.2, -0.15) is 4.37 Å². The van der Waals surface area contributed by atoms with E-state index < -0.39 is 5.97 Å². The lowest BCUT2D eigenvalue weighted by Gasteiger charge is -2.07. The lowest BCUT2D eigenvalue weighted by atomic mass is 9.99. The van der Waals surface area contributed by atoms with Crippen molar-refractivity contribution < 1.29 is 9.90 Å². The van der Waals surface area contributed by atoms with Crippen LogP contribution in [0.5, 0.6) is 0 Å². The van der Waals surface area contributed by atoms with E-state index in [0.717, 1.165) is 28.2 Å². The zero-order valence-electron chi connectivity index (χ0n) is 12.3. The molecular weight excluding hydrogens is 308 g/mol. The molecule has 0 saturated heterocycles. The molecule has 2 aromatic carbocycles. The van der Waals surface area contributed by atoms with Gasteiger partial charge in [-0.05, 0) is 47.3 Å². The van der Waals surface area contributed by atoms with E-state index >= 15 is 0 Å². The number of hydrogen-bond donors (Lipinski definition) is 1. The fourth-order valence-corrected chi connectivity index (χ4v) is 2.87. The first kappa shape index (κ1) is 14.9. The van der Waals surface area contributed by atoms with Crippen molar-refractivity contribution in [3.05, 3.63) is 70.4 Å². The molecule has 1 N–H and O–H groups in total. The van der Waals surface area contributed by atoms with Crippen LogP contribution in [0.1, 0.15) is 15.2 Å². The predicted molar refractivity (Wildman–Crippen MR) is 90.9 cm³/mol. The molecule has 0 amide bonds. The van der Waals surface area contributed by atoms with Crippen molar-refractivity contribution in [2.24, 2.45) is 0 Å². The van der Waals surface area contributed by atoms with Gasteiger partial charge in [0.2, 0.25) is 0 Å². The number of benzene rings is 2. The molecule has 0 aliphatic carbocycles. The minimum absolute atomic E-state index is 0.187. The molecule has 0 atom stereocenters. The van der Waals surface area contributed by atoms with Crippen LogP contribution in [-0.4, -0.2) is 15.4 Å². The average Bonchev–Trinajstić information content (AvgIpc) is 3.05. The van der Waals surface area contributed by atoms with Crippen LogP contribution in [0.3, 0.4) is 0 Å².